The average molecular weight is 799 g/mol. The minimum atomic E-state index is -0.873. The van der Waals surface area contributed by atoms with E-state index in [1.165, 1.54) is 48.8 Å². The number of ether oxygens (including phenoxy) is 1. The van der Waals surface area contributed by atoms with E-state index < -0.39 is 5.97 Å². The summed E-state index contributed by atoms with van der Waals surface area (Å²) in [4.78, 5) is 27.7. The molecule has 6 nitrogen and oxygen atoms in total. The highest BCUT2D eigenvalue weighted by molar-refractivity contribution is 14.1. The number of urea groups is 1. The Morgan fingerprint density at radius 3 is 2.32 bits per heavy atom. The monoisotopic (exact) mass is 798 g/mol. The van der Waals surface area contributed by atoms with Crippen molar-refractivity contribution in [3.05, 3.63) is 53.6 Å². The zero-order valence-corrected chi connectivity index (χ0v) is 34.0. The van der Waals surface area contributed by atoms with Crippen LogP contribution in [-0.4, -0.2) is 58.8 Å². The van der Waals surface area contributed by atoms with Crippen molar-refractivity contribution in [3.63, 3.8) is 0 Å². The van der Waals surface area contributed by atoms with E-state index in [0.717, 1.165) is 49.6 Å². The molecular weight excluding hydrogens is 735 g/mol. The van der Waals surface area contributed by atoms with Gasteiger partial charge in [0.25, 0.3) is 0 Å². The van der Waals surface area contributed by atoms with E-state index in [-0.39, 0.29) is 33.2 Å². The molecule has 0 aliphatic heterocycles. The third-order valence-electron chi connectivity index (χ3n) is 15.9. The number of carboxylic acids is 1. The van der Waals surface area contributed by atoms with Crippen molar-refractivity contribution in [2.75, 3.05) is 31.2 Å². The minimum Gasteiger partial charge on any atom is -0.478 e. The molecule has 276 valence electrons. The molecule has 0 unspecified atom stereocenters. The second kappa shape index (κ2) is 13.8. The summed E-state index contributed by atoms with van der Waals surface area (Å²) < 4.78 is 6.25. The highest BCUT2D eigenvalue weighted by atomic mass is 127. The van der Waals surface area contributed by atoms with Gasteiger partial charge in [0.2, 0.25) is 0 Å². The third kappa shape index (κ3) is 5.91. The highest BCUT2D eigenvalue weighted by Crippen LogP contribution is 2.76. The molecule has 1 aromatic rings. The molecule has 2 amide bonds. The van der Waals surface area contributed by atoms with E-state index in [9.17, 15) is 14.7 Å². The van der Waals surface area contributed by atoms with Gasteiger partial charge in [0.05, 0.1) is 5.56 Å². The molecule has 0 heterocycles. The molecule has 2 N–H and O–H groups in total. The van der Waals surface area contributed by atoms with Gasteiger partial charge in [-0.25, -0.2) is 9.59 Å². The molecule has 1 aromatic carbocycles. The van der Waals surface area contributed by atoms with Crippen molar-refractivity contribution >= 4 is 40.2 Å². The van der Waals surface area contributed by atoms with Gasteiger partial charge in [-0.05, 0) is 146 Å². The van der Waals surface area contributed by atoms with Gasteiger partial charge in [0.15, 0.2) is 0 Å². The first-order valence-corrected chi connectivity index (χ1v) is 20.9. The van der Waals surface area contributed by atoms with E-state index >= 15 is 0 Å². The van der Waals surface area contributed by atoms with Crippen molar-refractivity contribution in [3.8, 4) is 0 Å². The van der Waals surface area contributed by atoms with Crippen LogP contribution in [-0.2, 0) is 4.74 Å². The number of nitrogens with one attached hydrogen (secondary N) is 1. The Bertz CT molecular complexity index is 1500. The Kier molecular flexibility index (Phi) is 10.5. The lowest BCUT2D eigenvalue weighted by Crippen LogP contribution is -2.68. The van der Waals surface area contributed by atoms with Gasteiger partial charge in [-0.15, -0.1) is 0 Å². The fourth-order valence-electron chi connectivity index (χ4n) is 13.4. The first kappa shape index (κ1) is 37.9. The SMILES string of the molecule is C=C(C)[C@@H]1CC[C@]2(NC(=O)N(CCI)CCCOC)CC[C@]3(C)[C@H](CC[C@@H]4[C@@]5(C)CC=C(c6ccc(C(=O)O)cc6)C(C)(C)[C@@H]5CC[C@]43C)[C@@H]12. The molecule has 4 saturated carbocycles. The number of alkyl halides is 1. The van der Waals surface area contributed by atoms with E-state index in [1.54, 1.807) is 19.2 Å². The number of carboxylic acid groups (broad SMARTS) is 1. The van der Waals surface area contributed by atoms with Crippen molar-refractivity contribution < 1.29 is 19.4 Å². The number of rotatable bonds is 10. The molecule has 0 saturated heterocycles. The molecule has 0 bridgehead atoms. The molecule has 0 spiro atoms. The molecular formula is C43H63IN2O4. The van der Waals surface area contributed by atoms with Crippen LogP contribution >= 0.6 is 22.6 Å². The van der Waals surface area contributed by atoms with Crippen LogP contribution in [0.1, 0.15) is 122 Å². The maximum Gasteiger partial charge on any atom is 0.335 e. The molecule has 50 heavy (non-hydrogen) atoms. The lowest BCUT2D eigenvalue weighted by Gasteiger charge is -2.72. The van der Waals surface area contributed by atoms with Gasteiger partial charge in [-0.2, -0.15) is 0 Å². The molecule has 7 heteroatoms. The Balaban J connectivity index is 1.30. The highest BCUT2D eigenvalue weighted by Gasteiger charge is 2.70. The maximum atomic E-state index is 14.1. The fraction of sp³-hybridized carbons (Fsp3) is 0.721. The lowest BCUT2D eigenvalue weighted by molar-refractivity contribution is -0.218. The molecule has 5 aliphatic carbocycles. The van der Waals surface area contributed by atoms with E-state index in [0.29, 0.717) is 41.8 Å². The summed E-state index contributed by atoms with van der Waals surface area (Å²) in [5.41, 5.74) is 4.63. The van der Waals surface area contributed by atoms with Crippen LogP contribution in [0.4, 0.5) is 4.79 Å². The number of amides is 2. The number of methoxy groups -OCH3 is 1. The first-order valence-electron chi connectivity index (χ1n) is 19.4. The number of carbonyl (C=O) groups is 2. The van der Waals surface area contributed by atoms with Crippen molar-refractivity contribution in [1.29, 1.82) is 0 Å². The molecule has 4 fully saturated rings. The normalized spacial score (nSPS) is 38.5. The van der Waals surface area contributed by atoms with Gasteiger partial charge < -0.3 is 20.1 Å². The molecule has 0 radical (unpaired) electrons. The van der Waals surface area contributed by atoms with Crippen LogP contribution in [0, 0.1) is 51.2 Å². The van der Waals surface area contributed by atoms with Crippen LogP contribution in [0.25, 0.3) is 5.57 Å². The summed E-state index contributed by atoms with van der Waals surface area (Å²) in [6.45, 7) is 21.8. The molecule has 0 aromatic heterocycles. The number of hydrogen-bond donors (Lipinski definition) is 2. The summed E-state index contributed by atoms with van der Waals surface area (Å²) in [5, 5.41) is 13.3. The number of allylic oxidation sites excluding steroid dienone is 3. The third-order valence-corrected chi connectivity index (χ3v) is 16.3. The lowest BCUT2D eigenvalue weighted by atomic mass is 9.33. The van der Waals surface area contributed by atoms with Crippen LogP contribution in [0.15, 0.2) is 42.5 Å². The van der Waals surface area contributed by atoms with Crippen LogP contribution < -0.4 is 5.32 Å². The predicted octanol–water partition coefficient (Wildman–Crippen LogP) is 10.3. The smallest absolute Gasteiger partial charge is 0.335 e. The Morgan fingerprint density at radius 1 is 0.960 bits per heavy atom. The number of benzene rings is 1. The number of hydrogen-bond acceptors (Lipinski definition) is 3. The number of fused-ring (bicyclic) bond motifs is 7. The number of nitrogens with zero attached hydrogens (tertiary/aromatic N) is 1. The van der Waals surface area contributed by atoms with Gasteiger partial charge in [0, 0.05) is 36.8 Å². The predicted molar refractivity (Wildman–Crippen MR) is 212 cm³/mol. The molecule has 6 rings (SSSR count). The standard InChI is InChI=1S/C43H63IN2O4/c1-28(2)31-16-21-43(45-38(49)46(26-24-44)25-9-27-50-8)23-22-41(6)33(36(31)43)14-15-35-40(5)19-17-32(29-10-12-30(13-11-29)37(47)48)39(3,4)34(40)18-20-42(35,41)7/h10-13,17,31,33-36H,1,9,14-16,18-27H2,2-8H3,(H,45,49)(H,47,48)/t31-,33+,34-,35+,36+,40-,41+,42+,43-/m0/s1. The summed E-state index contributed by atoms with van der Waals surface area (Å²) >= 11 is 2.39. The Hall–Kier alpha value is -1.87. The largest absolute Gasteiger partial charge is 0.478 e. The quantitative estimate of drug-likeness (QED) is 0.107. The maximum absolute atomic E-state index is 14.1. The van der Waals surface area contributed by atoms with Gasteiger partial charge in [-0.1, -0.05) is 87.6 Å². The zero-order valence-electron chi connectivity index (χ0n) is 31.9. The molecule has 5 aliphatic rings. The minimum absolute atomic E-state index is 0.00754. The summed E-state index contributed by atoms with van der Waals surface area (Å²) in [7, 11) is 1.73. The van der Waals surface area contributed by atoms with Crippen LogP contribution in [0.5, 0.6) is 0 Å². The van der Waals surface area contributed by atoms with E-state index in [4.69, 9.17) is 4.74 Å². The Morgan fingerprint density at radius 2 is 1.68 bits per heavy atom. The fourth-order valence-corrected chi connectivity index (χ4v) is 13.9. The number of carbonyl (C=O) groups excluding carboxylic acids is 1. The topological polar surface area (TPSA) is 78.9 Å². The summed E-state index contributed by atoms with van der Waals surface area (Å²) in [6, 6.07) is 7.68. The first-order chi connectivity index (χ1) is 23.6. The second-order valence-electron chi connectivity index (χ2n) is 18.2. The average Bonchev–Trinajstić information content (AvgIpc) is 3.44. The van der Waals surface area contributed by atoms with E-state index in [1.807, 2.05) is 17.0 Å². The number of aromatic carboxylic acids is 1. The van der Waals surface area contributed by atoms with Crippen LogP contribution in [0.2, 0.25) is 0 Å². The van der Waals surface area contributed by atoms with Crippen LogP contribution in [0.3, 0.4) is 0 Å². The van der Waals surface area contributed by atoms with Crippen molar-refractivity contribution in [1.82, 2.24) is 10.2 Å². The van der Waals surface area contributed by atoms with Crippen molar-refractivity contribution in [2.24, 2.45) is 51.2 Å². The second-order valence-corrected chi connectivity index (χ2v) is 19.3. The zero-order chi connectivity index (χ0) is 36.3. The summed E-state index contributed by atoms with van der Waals surface area (Å²) in [5.74, 6) is 1.75. The van der Waals surface area contributed by atoms with Crippen molar-refractivity contribution in [2.45, 2.75) is 111 Å². The van der Waals surface area contributed by atoms with Gasteiger partial charge in [0.1, 0.15) is 0 Å². The number of halogens is 1. The van der Waals surface area contributed by atoms with Gasteiger partial charge >= 0.3 is 12.0 Å². The molecule has 9 atom stereocenters. The summed E-state index contributed by atoms with van der Waals surface area (Å²) in [6.07, 6.45) is 13.8. The van der Waals surface area contributed by atoms with E-state index in [2.05, 4.69) is 82.1 Å². The Labute approximate surface area is 315 Å². The van der Waals surface area contributed by atoms with Gasteiger partial charge in [-0.3, -0.25) is 0 Å².